The SMILES string of the molecule is COc1ccc(OC(=O)N(Nc2ccccc2)S(=O)(=O)c2ccc(OC)cc2)cc1. The molecule has 1 amide bonds. The molecular weight excluding hydrogens is 408 g/mol. The van der Waals surface area contributed by atoms with Crippen molar-refractivity contribution >= 4 is 21.8 Å². The largest absolute Gasteiger partial charge is 0.497 e. The van der Waals surface area contributed by atoms with E-state index in [1.165, 1.54) is 50.6 Å². The molecule has 3 aromatic carbocycles. The Balaban J connectivity index is 1.92. The van der Waals surface area contributed by atoms with Crippen LogP contribution in [0.2, 0.25) is 0 Å². The van der Waals surface area contributed by atoms with Crippen LogP contribution in [-0.2, 0) is 10.0 Å². The molecule has 0 bridgehead atoms. The van der Waals surface area contributed by atoms with Crippen molar-refractivity contribution in [2.75, 3.05) is 19.6 Å². The van der Waals surface area contributed by atoms with Gasteiger partial charge in [-0.3, -0.25) is 5.43 Å². The minimum absolute atomic E-state index is 0.113. The van der Waals surface area contributed by atoms with E-state index in [2.05, 4.69) is 5.43 Å². The van der Waals surface area contributed by atoms with Gasteiger partial charge in [-0.05, 0) is 60.7 Å². The van der Waals surface area contributed by atoms with Crippen LogP contribution in [0.4, 0.5) is 10.5 Å². The number of carbonyl (C=O) groups is 1. The normalized spacial score (nSPS) is 10.7. The average Bonchev–Trinajstić information content (AvgIpc) is 2.78. The highest BCUT2D eigenvalue weighted by molar-refractivity contribution is 7.89. The van der Waals surface area contributed by atoms with Gasteiger partial charge in [0.25, 0.3) is 10.0 Å². The highest BCUT2D eigenvalue weighted by atomic mass is 32.2. The summed E-state index contributed by atoms with van der Waals surface area (Å²) >= 11 is 0. The van der Waals surface area contributed by atoms with Crippen molar-refractivity contribution in [3.8, 4) is 17.2 Å². The Labute approximate surface area is 174 Å². The number of sulfonamides is 1. The molecule has 156 valence electrons. The number of rotatable bonds is 7. The van der Waals surface area contributed by atoms with Gasteiger partial charge in [0.2, 0.25) is 0 Å². The molecule has 0 saturated carbocycles. The van der Waals surface area contributed by atoms with Crippen molar-refractivity contribution in [3.05, 3.63) is 78.9 Å². The summed E-state index contributed by atoms with van der Waals surface area (Å²) in [6, 6.07) is 20.3. The van der Waals surface area contributed by atoms with Crippen molar-refractivity contribution in [3.63, 3.8) is 0 Å². The lowest BCUT2D eigenvalue weighted by molar-refractivity contribution is 0.184. The van der Waals surface area contributed by atoms with Gasteiger partial charge < -0.3 is 14.2 Å². The van der Waals surface area contributed by atoms with Crippen LogP contribution in [0.25, 0.3) is 0 Å². The molecular formula is C21H20N2O6S. The van der Waals surface area contributed by atoms with E-state index in [-0.39, 0.29) is 10.6 Å². The molecule has 0 unspecified atom stereocenters. The number of nitrogens with one attached hydrogen (secondary N) is 1. The Morgan fingerprint density at radius 1 is 0.767 bits per heavy atom. The highest BCUT2D eigenvalue weighted by Gasteiger charge is 2.32. The first kappa shape index (κ1) is 21.0. The third-order valence-corrected chi connectivity index (χ3v) is 5.62. The highest BCUT2D eigenvalue weighted by Crippen LogP contribution is 2.23. The van der Waals surface area contributed by atoms with Crippen molar-refractivity contribution < 1.29 is 27.4 Å². The van der Waals surface area contributed by atoms with Crippen molar-refractivity contribution in [1.82, 2.24) is 4.41 Å². The van der Waals surface area contributed by atoms with E-state index in [9.17, 15) is 13.2 Å². The minimum Gasteiger partial charge on any atom is -0.497 e. The quantitative estimate of drug-likeness (QED) is 0.570. The number of carbonyl (C=O) groups excluding carboxylic acids is 1. The Morgan fingerprint density at radius 2 is 1.27 bits per heavy atom. The van der Waals surface area contributed by atoms with Crippen LogP contribution in [-0.4, -0.2) is 33.1 Å². The van der Waals surface area contributed by atoms with Gasteiger partial charge in [0.05, 0.1) is 24.8 Å². The van der Waals surface area contributed by atoms with Gasteiger partial charge in [-0.25, -0.2) is 4.79 Å². The van der Waals surface area contributed by atoms with E-state index >= 15 is 0 Å². The van der Waals surface area contributed by atoms with Crippen LogP contribution in [0.5, 0.6) is 17.2 Å². The van der Waals surface area contributed by atoms with E-state index in [0.29, 0.717) is 21.6 Å². The number of nitrogens with zero attached hydrogens (tertiary/aromatic N) is 1. The van der Waals surface area contributed by atoms with Gasteiger partial charge >= 0.3 is 6.09 Å². The molecule has 0 atom stereocenters. The van der Waals surface area contributed by atoms with Crippen molar-refractivity contribution in [1.29, 1.82) is 0 Å². The van der Waals surface area contributed by atoms with E-state index in [4.69, 9.17) is 14.2 Å². The predicted molar refractivity (Wildman–Crippen MR) is 111 cm³/mol. The van der Waals surface area contributed by atoms with Gasteiger partial charge in [0, 0.05) is 0 Å². The molecule has 0 saturated heterocycles. The third-order valence-electron chi connectivity index (χ3n) is 4.03. The van der Waals surface area contributed by atoms with Crippen molar-refractivity contribution in [2.45, 2.75) is 4.90 Å². The summed E-state index contributed by atoms with van der Waals surface area (Å²) in [6.07, 6.45) is -1.13. The number of hydrazine groups is 1. The molecule has 1 N–H and O–H groups in total. The number of amides is 1. The monoisotopic (exact) mass is 428 g/mol. The number of hydrogen-bond donors (Lipinski definition) is 1. The van der Waals surface area contributed by atoms with Crippen LogP contribution in [0.1, 0.15) is 0 Å². The van der Waals surface area contributed by atoms with Gasteiger partial charge in [-0.15, -0.1) is 4.41 Å². The van der Waals surface area contributed by atoms with Crippen LogP contribution in [0.15, 0.2) is 83.8 Å². The number of para-hydroxylation sites is 1. The first-order valence-corrected chi connectivity index (χ1v) is 10.2. The summed E-state index contributed by atoms with van der Waals surface area (Å²) in [5, 5.41) is 0. The lowest BCUT2D eigenvalue weighted by atomic mass is 10.3. The third kappa shape index (κ3) is 4.81. The number of anilines is 1. The summed E-state index contributed by atoms with van der Waals surface area (Å²) in [4.78, 5) is 12.7. The molecule has 0 spiro atoms. The summed E-state index contributed by atoms with van der Waals surface area (Å²) in [5.74, 6) is 1.21. The molecule has 0 aromatic heterocycles. The van der Waals surface area contributed by atoms with E-state index in [1.807, 2.05) is 0 Å². The predicted octanol–water partition coefficient (Wildman–Crippen LogP) is 3.92. The smallest absolute Gasteiger partial charge is 0.449 e. The van der Waals surface area contributed by atoms with E-state index in [0.717, 1.165) is 0 Å². The van der Waals surface area contributed by atoms with Gasteiger partial charge in [-0.1, -0.05) is 18.2 Å². The van der Waals surface area contributed by atoms with E-state index in [1.54, 1.807) is 42.5 Å². The number of hydrogen-bond acceptors (Lipinski definition) is 7. The van der Waals surface area contributed by atoms with Crippen molar-refractivity contribution in [2.24, 2.45) is 0 Å². The number of methoxy groups -OCH3 is 2. The maximum absolute atomic E-state index is 13.2. The zero-order valence-corrected chi connectivity index (χ0v) is 17.1. The van der Waals surface area contributed by atoms with Crippen LogP contribution >= 0.6 is 0 Å². The summed E-state index contributed by atoms with van der Waals surface area (Å²) in [5.41, 5.74) is 2.99. The van der Waals surface area contributed by atoms with Gasteiger partial charge in [0.15, 0.2) is 0 Å². The Morgan fingerprint density at radius 3 is 1.80 bits per heavy atom. The summed E-state index contributed by atoms with van der Waals surface area (Å²) < 4.78 is 42.2. The molecule has 3 rings (SSSR count). The topological polar surface area (TPSA) is 94.2 Å². The second kappa shape index (κ2) is 9.19. The summed E-state index contributed by atoms with van der Waals surface area (Å²) in [6.45, 7) is 0. The molecule has 0 radical (unpaired) electrons. The molecule has 9 heteroatoms. The molecule has 0 aliphatic heterocycles. The fourth-order valence-corrected chi connectivity index (χ4v) is 3.62. The Bertz CT molecular complexity index is 1080. The zero-order valence-electron chi connectivity index (χ0n) is 16.3. The van der Waals surface area contributed by atoms with Crippen LogP contribution < -0.4 is 19.6 Å². The minimum atomic E-state index is -4.29. The summed E-state index contributed by atoms with van der Waals surface area (Å²) in [7, 11) is -1.31. The fourth-order valence-electron chi connectivity index (χ4n) is 2.47. The van der Waals surface area contributed by atoms with Crippen LogP contribution in [0, 0.1) is 0 Å². The maximum atomic E-state index is 13.2. The second-order valence-corrected chi connectivity index (χ2v) is 7.75. The van der Waals surface area contributed by atoms with Gasteiger partial charge in [0.1, 0.15) is 17.2 Å². The lowest BCUT2D eigenvalue weighted by Gasteiger charge is -2.23. The fraction of sp³-hybridized carbons (Fsp3) is 0.0952. The molecule has 0 fully saturated rings. The Hall–Kier alpha value is -3.72. The maximum Gasteiger partial charge on any atom is 0.449 e. The zero-order chi connectivity index (χ0) is 21.6. The Kier molecular flexibility index (Phi) is 6.43. The molecule has 30 heavy (non-hydrogen) atoms. The van der Waals surface area contributed by atoms with Crippen LogP contribution in [0.3, 0.4) is 0 Å². The van der Waals surface area contributed by atoms with Gasteiger partial charge in [-0.2, -0.15) is 8.42 Å². The number of ether oxygens (including phenoxy) is 3. The number of benzene rings is 3. The van der Waals surface area contributed by atoms with E-state index < -0.39 is 16.1 Å². The molecule has 0 aliphatic rings. The molecule has 0 aliphatic carbocycles. The second-order valence-electron chi connectivity index (χ2n) is 5.97. The first-order chi connectivity index (χ1) is 14.4. The average molecular weight is 428 g/mol. The molecule has 8 nitrogen and oxygen atoms in total. The molecule has 3 aromatic rings. The lowest BCUT2D eigenvalue weighted by Crippen LogP contribution is -2.43. The first-order valence-electron chi connectivity index (χ1n) is 8.81. The standard InChI is InChI=1S/C21H20N2O6S/c1-27-17-8-10-19(11-9-17)29-21(24)23(22-16-6-4-3-5-7-16)30(25,26)20-14-12-18(28-2)13-15-20/h3-15,22H,1-2H3. The molecule has 0 heterocycles.